The van der Waals surface area contributed by atoms with E-state index in [9.17, 15) is 0 Å². The Bertz CT molecular complexity index is 565. The molecule has 3 heteroatoms. The Labute approximate surface area is 101 Å². The van der Waals surface area contributed by atoms with E-state index in [1.165, 1.54) is 11.1 Å². The average Bonchev–Trinajstić information content (AvgIpc) is 2.35. The fourth-order valence-electron chi connectivity index (χ4n) is 1.77. The van der Waals surface area contributed by atoms with Gasteiger partial charge in [0.25, 0.3) is 0 Å². The van der Waals surface area contributed by atoms with Crippen LogP contribution in [0.4, 0.5) is 11.4 Å². The summed E-state index contributed by atoms with van der Waals surface area (Å²) in [5, 5.41) is 8.79. The number of diazo groups is 1. The van der Waals surface area contributed by atoms with E-state index in [0.29, 0.717) is 11.4 Å². The molecule has 0 saturated heterocycles. The van der Waals surface area contributed by atoms with Crippen LogP contribution < -0.4 is 5.73 Å². The van der Waals surface area contributed by atoms with E-state index in [1.807, 2.05) is 12.1 Å². The second kappa shape index (κ2) is 4.67. The summed E-state index contributed by atoms with van der Waals surface area (Å²) in [5.41, 5.74) is 10.3. The van der Waals surface area contributed by atoms with Crippen molar-refractivity contribution in [2.75, 3.05) is 5.73 Å². The maximum atomic E-state index is 8.79. The lowest BCUT2D eigenvalue weighted by molar-refractivity contribution is 1.19. The number of nitrogens with zero attached hydrogens (tertiary/aromatic N) is 2. The van der Waals surface area contributed by atoms with Crippen molar-refractivity contribution in [2.45, 2.75) is 13.3 Å². The highest BCUT2D eigenvalue weighted by atomic mass is 14.9. The largest absolute Gasteiger partial charge is 0.407 e. The highest BCUT2D eigenvalue weighted by Crippen LogP contribution is 2.27. The second-order valence-electron chi connectivity index (χ2n) is 4.11. The van der Waals surface area contributed by atoms with Crippen LogP contribution in [0.15, 0.2) is 42.5 Å². The summed E-state index contributed by atoms with van der Waals surface area (Å²) in [6.07, 6.45) is 0.746. The van der Waals surface area contributed by atoms with Gasteiger partial charge in [-0.25, -0.2) is 0 Å². The smallest absolute Gasteiger partial charge is 0.392 e. The van der Waals surface area contributed by atoms with E-state index in [0.717, 1.165) is 12.0 Å². The van der Waals surface area contributed by atoms with Crippen LogP contribution in [0.5, 0.6) is 0 Å². The molecule has 2 aromatic carbocycles. The Morgan fingerprint density at radius 3 is 2.47 bits per heavy atom. The minimum absolute atomic E-state index is 0.426. The van der Waals surface area contributed by atoms with Crippen molar-refractivity contribution in [2.24, 2.45) is 0 Å². The molecule has 0 spiro atoms. The molecule has 0 bridgehead atoms. The predicted octanol–water partition coefficient (Wildman–Crippen LogP) is 3.65. The normalized spacial score (nSPS) is 9.88. The van der Waals surface area contributed by atoms with E-state index in [1.54, 1.807) is 6.07 Å². The molecule has 0 radical (unpaired) electrons. The Balaban J connectivity index is 2.31. The minimum Gasteiger partial charge on any atom is -0.392 e. The molecule has 84 valence electrons. The van der Waals surface area contributed by atoms with Gasteiger partial charge < -0.3 is 5.73 Å². The highest BCUT2D eigenvalue weighted by molar-refractivity contribution is 5.70. The molecule has 0 atom stereocenters. The highest BCUT2D eigenvalue weighted by Gasteiger charge is 2.13. The van der Waals surface area contributed by atoms with Gasteiger partial charge in [0.05, 0.1) is 0 Å². The number of benzene rings is 2. The van der Waals surface area contributed by atoms with Crippen molar-refractivity contribution in [1.29, 1.82) is 5.39 Å². The number of aryl methyl sites for hydroxylation is 1. The number of nitrogens with two attached hydrogens (primary N) is 1. The molecule has 2 N–H and O–H groups in total. The molecule has 2 aromatic rings. The Kier molecular flexibility index (Phi) is 3.06. The molecule has 0 heterocycles. The lowest BCUT2D eigenvalue weighted by Gasteiger charge is -2.04. The Hall–Kier alpha value is -2.34. The lowest BCUT2D eigenvalue weighted by Crippen LogP contribution is -1.95. The summed E-state index contributed by atoms with van der Waals surface area (Å²) >= 11 is 0. The molecular formula is C14H14N3+. The fourth-order valence-corrected chi connectivity index (χ4v) is 1.77. The zero-order chi connectivity index (χ0) is 12.3. The summed E-state index contributed by atoms with van der Waals surface area (Å²) in [6.45, 7) is 2.06. The summed E-state index contributed by atoms with van der Waals surface area (Å²) in [4.78, 5) is 3.16. The van der Waals surface area contributed by atoms with Crippen LogP contribution in [0.1, 0.15) is 16.7 Å². The molecule has 17 heavy (non-hydrogen) atoms. The maximum absolute atomic E-state index is 8.79. The van der Waals surface area contributed by atoms with E-state index in [4.69, 9.17) is 11.1 Å². The van der Waals surface area contributed by atoms with Crippen LogP contribution in [-0.4, -0.2) is 0 Å². The van der Waals surface area contributed by atoms with E-state index >= 15 is 0 Å². The topological polar surface area (TPSA) is 54.2 Å². The first kappa shape index (κ1) is 11.2. The maximum Gasteiger partial charge on any atom is 0.407 e. The average molecular weight is 224 g/mol. The molecule has 2 rings (SSSR count). The first-order valence-corrected chi connectivity index (χ1v) is 5.48. The van der Waals surface area contributed by atoms with E-state index in [2.05, 4.69) is 36.2 Å². The monoisotopic (exact) mass is 224 g/mol. The van der Waals surface area contributed by atoms with Crippen LogP contribution in [0.25, 0.3) is 4.98 Å². The molecule has 0 amide bonds. The van der Waals surface area contributed by atoms with Gasteiger partial charge in [0.15, 0.2) is 4.98 Å². The first-order valence-electron chi connectivity index (χ1n) is 5.48. The van der Waals surface area contributed by atoms with Gasteiger partial charge in [-0.3, -0.25) is 0 Å². The quantitative estimate of drug-likeness (QED) is 0.625. The zero-order valence-electron chi connectivity index (χ0n) is 9.72. The van der Waals surface area contributed by atoms with Gasteiger partial charge in [-0.15, -0.1) is 0 Å². The molecule has 3 nitrogen and oxygen atoms in total. The molecule has 0 fully saturated rings. The van der Waals surface area contributed by atoms with Crippen molar-refractivity contribution in [3.8, 4) is 0 Å². The van der Waals surface area contributed by atoms with Crippen LogP contribution in [0.2, 0.25) is 0 Å². The van der Waals surface area contributed by atoms with Crippen LogP contribution in [0.3, 0.4) is 0 Å². The molecule has 0 saturated carbocycles. The summed E-state index contributed by atoms with van der Waals surface area (Å²) in [6, 6.07) is 13.8. The van der Waals surface area contributed by atoms with Crippen molar-refractivity contribution in [3.63, 3.8) is 0 Å². The second-order valence-corrected chi connectivity index (χ2v) is 4.11. The van der Waals surface area contributed by atoms with Gasteiger partial charge in [0.2, 0.25) is 5.39 Å². The van der Waals surface area contributed by atoms with Gasteiger partial charge in [-0.2, -0.15) is 0 Å². The zero-order valence-corrected chi connectivity index (χ0v) is 9.72. The molecular weight excluding hydrogens is 210 g/mol. The lowest BCUT2D eigenvalue weighted by atomic mass is 10.0. The van der Waals surface area contributed by atoms with E-state index in [-0.39, 0.29) is 0 Å². The van der Waals surface area contributed by atoms with Gasteiger partial charge in [-0.1, -0.05) is 42.0 Å². The number of hydrogen-bond acceptors (Lipinski definition) is 2. The molecule has 0 aliphatic heterocycles. The third-order valence-electron chi connectivity index (χ3n) is 2.80. The number of hydrogen-bond donors (Lipinski definition) is 1. The van der Waals surface area contributed by atoms with E-state index < -0.39 is 0 Å². The molecule has 0 aromatic heterocycles. The van der Waals surface area contributed by atoms with Crippen molar-refractivity contribution in [3.05, 3.63) is 64.1 Å². The third kappa shape index (κ3) is 2.43. The molecule has 0 unspecified atom stereocenters. The third-order valence-corrected chi connectivity index (χ3v) is 2.80. The standard InChI is InChI=1S/C14H14N3/c1-10-5-7-11(8-6-10)9-12-3-2-4-13(17-16)14(12)15/h2-8H,9,15H2,1H3/q+1. The van der Waals surface area contributed by atoms with Crippen LogP contribution in [0, 0.1) is 12.3 Å². The van der Waals surface area contributed by atoms with Crippen LogP contribution in [-0.2, 0) is 6.42 Å². The van der Waals surface area contributed by atoms with Gasteiger partial charge >= 0.3 is 5.69 Å². The predicted molar refractivity (Wildman–Crippen MR) is 69.6 cm³/mol. The molecule has 0 aliphatic carbocycles. The van der Waals surface area contributed by atoms with Crippen molar-refractivity contribution >= 4 is 11.4 Å². The number of nitrogen functional groups attached to an aromatic ring is 1. The number of anilines is 1. The summed E-state index contributed by atoms with van der Waals surface area (Å²) in [5.74, 6) is 0. The molecule has 0 aliphatic rings. The number of rotatable bonds is 2. The van der Waals surface area contributed by atoms with Crippen molar-refractivity contribution < 1.29 is 0 Å². The van der Waals surface area contributed by atoms with Gasteiger partial charge in [-0.05, 0) is 24.5 Å². The van der Waals surface area contributed by atoms with Crippen LogP contribution >= 0.6 is 0 Å². The van der Waals surface area contributed by atoms with Gasteiger partial charge in [0.1, 0.15) is 5.69 Å². The number of para-hydroxylation sites is 1. The summed E-state index contributed by atoms with van der Waals surface area (Å²) in [7, 11) is 0. The van der Waals surface area contributed by atoms with Gasteiger partial charge in [0, 0.05) is 6.07 Å². The first-order chi connectivity index (χ1) is 8.20. The Morgan fingerprint density at radius 1 is 1.12 bits per heavy atom. The van der Waals surface area contributed by atoms with Crippen molar-refractivity contribution in [1.82, 2.24) is 0 Å². The summed E-state index contributed by atoms with van der Waals surface area (Å²) < 4.78 is 0. The fraction of sp³-hybridized carbons (Fsp3) is 0.143. The SMILES string of the molecule is Cc1ccc(Cc2cccc([N+]#N)c2N)cc1. The minimum atomic E-state index is 0.426. The Morgan fingerprint density at radius 2 is 1.82 bits per heavy atom.